The molecule has 10 atom stereocenters. The fourth-order valence-corrected chi connectivity index (χ4v) is 7.37. The number of hydrogen-bond donors (Lipinski definition) is 1. The topological polar surface area (TPSA) is 118 Å². The fraction of sp³-hybridized carbons (Fsp3) is 0.808. The van der Waals surface area contributed by atoms with Crippen LogP contribution < -0.4 is 0 Å². The van der Waals surface area contributed by atoms with Gasteiger partial charge in [0.25, 0.3) is 0 Å². The number of hydrogen-bond acceptors (Lipinski definition) is 9. The molecule has 4 aliphatic rings. The van der Waals surface area contributed by atoms with E-state index in [0.29, 0.717) is 18.4 Å². The van der Waals surface area contributed by atoms with E-state index in [2.05, 4.69) is 6.58 Å². The average Bonchev–Trinajstić information content (AvgIpc) is 3.24. The summed E-state index contributed by atoms with van der Waals surface area (Å²) in [5.41, 5.74) is -1.70. The molecular formula is C26H38O9. The second kappa shape index (κ2) is 8.56. The molecule has 0 aromatic carbocycles. The molecule has 1 N–H and O–H groups in total. The fourth-order valence-electron chi connectivity index (χ4n) is 7.37. The van der Waals surface area contributed by atoms with E-state index in [9.17, 15) is 19.5 Å². The van der Waals surface area contributed by atoms with Gasteiger partial charge in [0, 0.05) is 44.9 Å². The molecule has 4 fully saturated rings. The molecule has 196 valence electrons. The minimum Gasteiger partial charge on any atom is -0.458 e. The summed E-state index contributed by atoms with van der Waals surface area (Å²) in [7, 11) is 0. The van der Waals surface area contributed by atoms with E-state index >= 15 is 0 Å². The average molecular weight is 495 g/mol. The quantitative estimate of drug-likeness (QED) is 0.357. The third-order valence-corrected chi connectivity index (χ3v) is 8.53. The van der Waals surface area contributed by atoms with Crippen molar-refractivity contribution in [2.75, 3.05) is 0 Å². The minimum atomic E-state index is -1.46. The van der Waals surface area contributed by atoms with Crippen LogP contribution in [-0.4, -0.2) is 64.4 Å². The van der Waals surface area contributed by atoms with Crippen LogP contribution in [0.15, 0.2) is 12.2 Å². The summed E-state index contributed by atoms with van der Waals surface area (Å²) >= 11 is 0. The largest absolute Gasteiger partial charge is 0.458 e. The SMILES string of the molecule is C=C1CC2OC([C@@H]3[C@@H](C(C)C)[C@H](OC(C)=O)[C@H](OC(C)=O)[C@@](C)(OC(C)=O)[C@H]23)C2(C)CCC1(O)O2. The molecule has 0 aromatic heterocycles. The lowest BCUT2D eigenvalue weighted by Gasteiger charge is -2.55. The Morgan fingerprint density at radius 2 is 1.69 bits per heavy atom. The Morgan fingerprint density at radius 1 is 1.06 bits per heavy atom. The highest BCUT2D eigenvalue weighted by molar-refractivity contribution is 5.69. The zero-order valence-corrected chi connectivity index (χ0v) is 21.7. The Morgan fingerprint density at radius 3 is 2.23 bits per heavy atom. The van der Waals surface area contributed by atoms with Gasteiger partial charge < -0.3 is 28.8 Å². The highest BCUT2D eigenvalue weighted by Crippen LogP contribution is 2.62. The summed E-state index contributed by atoms with van der Waals surface area (Å²) in [6, 6.07) is 0. The third-order valence-electron chi connectivity index (χ3n) is 8.53. The molecule has 9 nitrogen and oxygen atoms in total. The summed E-state index contributed by atoms with van der Waals surface area (Å²) in [4.78, 5) is 37.0. The van der Waals surface area contributed by atoms with Gasteiger partial charge in [0.05, 0.1) is 17.8 Å². The van der Waals surface area contributed by atoms with Crippen LogP contribution >= 0.6 is 0 Å². The molecule has 3 saturated heterocycles. The summed E-state index contributed by atoms with van der Waals surface area (Å²) in [6.07, 6.45) is -1.64. The summed E-state index contributed by atoms with van der Waals surface area (Å²) in [6.45, 7) is 15.7. The van der Waals surface area contributed by atoms with Crippen LogP contribution in [0.3, 0.4) is 0 Å². The third kappa shape index (κ3) is 4.09. The molecule has 1 aliphatic carbocycles. The zero-order valence-electron chi connectivity index (χ0n) is 21.7. The van der Waals surface area contributed by atoms with Gasteiger partial charge in [0.2, 0.25) is 0 Å². The second-order valence-corrected chi connectivity index (χ2v) is 11.4. The Labute approximate surface area is 206 Å². The van der Waals surface area contributed by atoms with Crippen molar-refractivity contribution in [2.45, 2.75) is 109 Å². The van der Waals surface area contributed by atoms with Crippen molar-refractivity contribution in [3.8, 4) is 0 Å². The second-order valence-electron chi connectivity index (χ2n) is 11.4. The van der Waals surface area contributed by atoms with E-state index in [1.54, 1.807) is 6.92 Å². The van der Waals surface area contributed by atoms with E-state index in [0.717, 1.165) is 0 Å². The predicted molar refractivity (Wildman–Crippen MR) is 123 cm³/mol. The summed E-state index contributed by atoms with van der Waals surface area (Å²) in [5.74, 6) is -4.12. The van der Waals surface area contributed by atoms with Gasteiger partial charge in [-0.1, -0.05) is 20.4 Å². The molecule has 0 radical (unpaired) electrons. The molecule has 4 rings (SSSR count). The van der Waals surface area contributed by atoms with Gasteiger partial charge in [-0.3, -0.25) is 14.4 Å². The van der Waals surface area contributed by atoms with E-state index in [-0.39, 0.29) is 24.2 Å². The summed E-state index contributed by atoms with van der Waals surface area (Å²) < 4.78 is 30.6. The molecule has 9 heteroatoms. The number of carbonyl (C=O) groups excluding carboxylic acids is 3. The maximum absolute atomic E-state index is 12.4. The predicted octanol–water partition coefficient (Wildman–Crippen LogP) is 2.67. The lowest BCUT2D eigenvalue weighted by atomic mass is 9.55. The molecular weight excluding hydrogens is 456 g/mol. The maximum atomic E-state index is 12.4. The van der Waals surface area contributed by atoms with Crippen molar-refractivity contribution in [1.29, 1.82) is 0 Å². The molecule has 35 heavy (non-hydrogen) atoms. The molecule has 0 aromatic rings. The highest BCUT2D eigenvalue weighted by atomic mass is 16.7. The molecule has 4 unspecified atom stereocenters. The van der Waals surface area contributed by atoms with Crippen molar-refractivity contribution in [3.63, 3.8) is 0 Å². The van der Waals surface area contributed by atoms with E-state index < -0.39 is 65.2 Å². The maximum Gasteiger partial charge on any atom is 0.303 e. The Bertz CT molecular complexity index is 930. The first-order chi connectivity index (χ1) is 16.1. The van der Waals surface area contributed by atoms with Crippen molar-refractivity contribution in [3.05, 3.63) is 12.2 Å². The Balaban J connectivity index is 1.94. The molecule has 3 aliphatic heterocycles. The van der Waals surface area contributed by atoms with Crippen LogP contribution in [0.1, 0.15) is 67.7 Å². The Hall–Kier alpha value is -1.97. The number of esters is 3. The number of carbonyl (C=O) groups is 3. The van der Waals surface area contributed by atoms with Gasteiger partial charge in [-0.2, -0.15) is 0 Å². The van der Waals surface area contributed by atoms with Crippen molar-refractivity contribution in [2.24, 2.45) is 23.7 Å². The van der Waals surface area contributed by atoms with E-state index in [1.807, 2.05) is 20.8 Å². The number of aliphatic hydroxyl groups is 1. The van der Waals surface area contributed by atoms with Gasteiger partial charge >= 0.3 is 17.9 Å². The normalized spacial score (nSPS) is 46.4. The Kier molecular flexibility index (Phi) is 6.38. The zero-order chi connectivity index (χ0) is 26.1. The first kappa shape index (κ1) is 26.1. The lowest BCUT2D eigenvalue weighted by Crippen LogP contribution is -2.69. The molecule has 3 heterocycles. The van der Waals surface area contributed by atoms with Gasteiger partial charge in [0.15, 0.2) is 17.5 Å². The van der Waals surface area contributed by atoms with Crippen LogP contribution in [-0.2, 0) is 38.1 Å². The summed E-state index contributed by atoms with van der Waals surface area (Å²) in [5, 5.41) is 11.2. The minimum absolute atomic E-state index is 0.00974. The van der Waals surface area contributed by atoms with Crippen molar-refractivity contribution in [1.82, 2.24) is 0 Å². The standard InChI is InChI=1S/C26H38O9/c1-12(2)18-19-20(17-11-13(3)26(30)10-9-24(7,35-26)22(19)33-17)25(8,34-16(6)29)23(32-15(5)28)21(18)31-14(4)27/h12,17-23,30H,3,9-11H2,1-2,4-8H3/t17?,18-,19-,20-,21+,22?,23+,24?,25+,26?/m1/s1. The highest BCUT2D eigenvalue weighted by Gasteiger charge is 2.73. The van der Waals surface area contributed by atoms with Crippen LogP contribution in [0, 0.1) is 23.7 Å². The van der Waals surface area contributed by atoms with E-state index in [1.165, 1.54) is 20.8 Å². The van der Waals surface area contributed by atoms with Crippen molar-refractivity contribution >= 4 is 17.9 Å². The number of rotatable bonds is 4. The monoisotopic (exact) mass is 494 g/mol. The van der Waals surface area contributed by atoms with Gasteiger partial charge in [-0.25, -0.2) is 0 Å². The van der Waals surface area contributed by atoms with Crippen LogP contribution in [0.5, 0.6) is 0 Å². The van der Waals surface area contributed by atoms with Gasteiger partial charge in [0.1, 0.15) is 6.10 Å². The molecule has 0 spiro atoms. The van der Waals surface area contributed by atoms with Gasteiger partial charge in [-0.05, 0) is 38.2 Å². The number of ether oxygens (including phenoxy) is 5. The van der Waals surface area contributed by atoms with Gasteiger partial charge in [-0.15, -0.1) is 0 Å². The first-order valence-electron chi connectivity index (χ1n) is 12.4. The lowest BCUT2D eigenvalue weighted by molar-refractivity contribution is -0.253. The van der Waals surface area contributed by atoms with Crippen molar-refractivity contribution < 1.29 is 43.2 Å². The first-order valence-corrected chi connectivity index (χ1v) is 12.4. The van der Waals surface area contributed by atoms with E-state index in [4.69, 9.17) is 23.7 Å². The molecule has 0 amide bonds. The molecule has 1 saturated carbocycles. The van der Waals surface area contributed by atoms with Crippen LogP contribution in [0.4, 0.5) is 0 Å². The molecule has 4 bridgehead atoms. The smallest absolute Gasteiger partial charge is 0.303 e. The van der Waals surface area contributed by atoms with Crippen LogP contribution in [0.25, 0.3) is 0 Å². The number of fused-ring (bicyclic) bond motifs is 8. The van der Waals surface area contributed by atoms with Crippen LogP contribution in [0.2, 0.25) is 0 Å².